The summed E-state index contributed by atoms with van der Waals surface area (Å²) in [6, 6.07) is 0. The van der Waals surface area contributed by atoms with Crippen LogP contribution in [0.3, 0.4) is 0 Å². The van der Waals surface area contributed by atoms with Crippen LogP contribution >= 0.6 is 0 Å². The van der Waals surface area contributed by atoms with Crippen LogP contribution in [0.2, 0.25) is 0 Å². The lowest BCUT2D eigenvalue weighted by molar-refractivity contribution is -0.199. The molecule has 0 bridgehead atoms. The Morgan fingerprint density at radius 2 is 2.07 bits per heavy atom. The van der Waals surface area contributed by atoms with Crippen LogP contribution in [-0.4, -0.2) is 75.1 Å². The summed E-state index contributed by atoms with van der Waals surface area (Å²) in [5.41, 5.74) is 0. The lowest BCUT2D eigenvalue weighted by Crippen LogP contribution is -2.38. The van der Waals surface area contributed by atoms with Crippen molar-refractivity contribution in [1.82, 2.24) is 0 Å². The van der Waals surface area contributed by atoms with E-state index in [2.05, 4.69) is 11.3 Å². The fraction of sp³-hybridized carbons (Fsp3) is 0.647. The fourth-order valence-corrected chi connectivity index (χ4v) is 3.16. The molecule has 0 N–H and O–H groups in total. The average molecular weight is 400 g/mol. The molecule has 3 aliphatic heterocycles. The number of hydrogen-bond acceptors (Lipinski definition) is 11. The van der Waals surface area contributed by atoms with Gasteiger partial charge in [0.1, 0.15) is 43.5 Å². The minimum Gasteiger partial charge on any atom is -0.462 e. The minimum atomic E-state index is -1.38. The average Bonchev–Trinajstić information content (AvgIpc) is 3.37. The topological polar surface area (TPSA) is 133 Å². The number of carbonyl (C=O) groups excluding carboxylic acids is 4. The Bertz CT molecular complexity index is 653. The van der Waals surface area contributed by atoms with Gasteiger partial charge in [0.15, 0.2) is 6.61 Å². The Hall–Kier alpha value is -2.50. The van der Waals surface area contributed by atoms with Crippen molar-refractivity contribution in [2.75, 3.05) is 26.6 Å². The molecular formula is C17H20O11. The first-order chi connectivity index (χ1) is 13.4. The zero-order valence-electron chi connectivity index (χ0n) is 15.1. The highest BCUT2D eigenvalue weighted by atomic mass is 16.7. The largest absolute Gasteiger partial charge is 0.462 e. The first-order valence-corrected chi connectivity index (χ1v) is 8.61. The molecule has 6 unspecified atom stereocenters. The first kappa shape index (κ1) is 20.2. The molecule has 11 heteroatoms. The molecule has 3 heterocycles. The monoisotopic (exact) mass is 400 g/mol. The lowest BCUT2D eigenvalue weighted by atomic mass is 9.90. The van der Waals surface area contributed by atoms with Gasteiger partial charge in [0.2, 0.25) is 6.29 Å². The molecule has 28 heavy (non-hydrogen) atoms. The summed E-state index contributed by atoms with van der Waals surface area (Å²) in [6.45, 7) is 4.39. The van der Waals surface area contributed by atoms with Crippen molar-refractivity contribution in [3.05, 3.63) is 12.7 Å². The highest BCUT2D eigenvalue weighted by Crippen LogP contribution is 2.42. The highest BCUT2D eigenvalue weighted by Gasteiger charge is 2.61. The Labute approximate surface area is 159 Å². The van der Waals surface area contributed by atoms with Gasteiger partial charge in [-0.3, -0.25) is 9.59 Å². The zero-order chi connectivity index (χ0) is 20.3. The second-order valence-corrected chi connectivity index (χ2v) is 6.37. The number of ether oxygens (including phenoxy) is 7. The van der Waals surface area contributed by atoms with Crippen molar-refractivity contribution < 1.29 is 52.3 Å². The van der Waals surface area contributed by atoms with Crippen molar-refractivity contribution >= 4 is 23.9 Å². The van der Waals surface area contributed by atoms with Crippen LogP contribution in [0.5, 0.6) is 0 Å². The van der Waals surface area contributed by atoms with Crippen LogP contribution in [0.15, 0.2) is 12.7 Å². The normalized spacial score (nSPS) is 33.7. The third-order valence-corrected chi connectivity index (χ3v) is 4.48. The van der Waals surface area contributed by atoms with Crippen molar-refractivity contribution in [2.24, 2.45) is 11.8 Å². The van der Waals surface area contributed by atoms with E-state index < -0.39 is 66.9 Å². The van der Waals surface area contributed by atoms with Crippen molar-refractivity contribution in [2.45, 2.75) is 31.5 Å². The highest BCUT2D eigenvalue weighted by molar-refractivity contribution is 5.86. The van der Waals surface area contributed by atoms with E-state index in [1.54, 1.807) is 6.92 Å². The van der Waals surface area contributed by atoms with E-state index in [1.165, 1.54) is 0 Å². The van der Waals surface area contributed by atoms with Crippen LogP contribution in [0.4, 0.5) is 0 Å². The van der Waals surface area contributed by atoms with Gasteiger partial charge >= 0.3 is 23.9 Å². The summed E-state index contributed by atoms with van der Waals surface area (Å²) in [4.78, 5) is 47.7. The van der Waals surface area contributed by atoms with Crippen molar-refractivity contribution in [1.29, 1.82) is 0 Å². The van der Waals surface area contributed by atoms with Gasteiger partial charge in [-0.15, -0.1) is 0 Å². The van der Waals surface area contributed by atoms with E-state index in [1.807, 2.05) is 0 Å². The lowest BCUT2D eigenvalue weighted by Gasteiger charge is -2.21. The van der Waals surface area contributed by atoms with E-state index in [4.69, 9.17) is 28.4 Å². The fourth-order valence-electron chi connectivity index (χ4n) is 3.16. The third-order valence-electron chi connectivity index (χ3n) is 4.48. The number of cyclic esters (lactones) is 1. The van der Waals surface area contributed by atoms with Gasteiger partial charge in [-0.05, 0) is 6.92 Å². The number of carbonyl (C=O) groups is 4. The van der Waals surface area contributed by atoms with Crippen LogP contribution < -0.4 is 0 Å². The molecule has 6 atom stereocenters. The first-order valence-electron chi connectivity index (χ1n) is 8.61. The van der Waals surface area contributed by atoms with E-state index in [9.17, 15) is 19.2 Å². The second kappa shape index (κ2) is 8.67. The summed E-state index contributed by atoms with van der Waals surface area (Å²) in [5.74, 6) is -5.40. The van der Waals surface area contributed by atoms with Crippen LogP contribution in [0.25, 0.3) is 0 Å². The van der Waals surface area contributed by atoms with E-state index in [0.717, 1.165) is 6.08 Å². The maximum absolute atomic E-state index is 12.6. The predicted octanol–water partition coefficient (Wildman–Crippen LogP) is -0.922. The molecule has 11 nitrogen and oxygen atoms in total. The van der Waals surface area contributed by atoms with Crippen LogP contribution in [0.1, 0.15) is 6.92 Å². The standard InChI is InChI=1S/C17H20O11/c1-3-10(18)23-6-11(19)27-17-13(12-14(28-17)8(2)26-16(12)21)15(20)24-5-9-4-22-7-25-9/h3,8-9,12-14,17H,1,4-7H2,2H3. The Morgan fingerprint density at radius 1 is 1.29 bits per heavy atom. The number of esters is 4. The third kappa shape index (κ3) is 4.32. The van der Waals surface area contributed by atoms with Crippen LogP contribution in [-0.2, 0) is 52.3 Å². The summed E-state index contributed by atoms with van der Waals surface area (Å²) < 4.78 is 35.8. The predicted molar refractivity (Wildman–Crippen MR) is 85.1 cm³/mol. The molecule has 3 fully saturated rings. The van der Waals surface area contributed by atoms with Crippen molar-refractivity contribution in [3.63, 3.8) is 0 Å². The molecule has 0 radical (unpaired) electrons. The molecular weight excluding hydrogens is 380 g/mol. The minimum absolute atomic E-state index is 0.0884. The van der Waals surface area contributed by atoms with E-state index >= 15 is 0 Å². The summed E-state index contributed by atoms with van der Waals surface area (Å²) >= 11 is 0. The molecule has 0 aromatic rings. The number of fused-ring (bicyclic) bond motifs is 1. The molecule has 0 amide bonds. The van der Waals surface area contributed by atoms with Gasteiger partial charge in [-0.25, -0.2) is 9.59 Å². The molecule has 0 aliphatic carbocycles. The van der Waals surface area contributed by atoms with Gasteiger partial charge in [-0.1, -0.05) is 6.58 Å². The smallest absolute Gasteiger partial charge is 0.346 e. The Kier molecular flexibility index (Phi) is 6.27. The summed E-state index contributed by atoms with van der Waals surface area (Å²) in [6.07, 6.45) is -2.31. The second-order valence-electron chi connectivity index (χ2n) is 6.37. The molecule has 0 saturated carbocycles. The molecule has 3 saturated heterocycles. The van der Waals surface area contributed by atoms with Gasteiger partial charge in [0, 0.05) is 6.08 Å². The zero-order valence-corrected chi connectivity index (χ0v) is 15.1. The molecule has 0 aromatic heterocycles. The maximum atomic E-state index is 12.6. The van der Waals surface area contributed by atoms with Crippen molar-refractivity contribution in [3.8, 4) is 0 Å². The number of rotatable bonds is 7. The van der Waals surface area contributed by atoms with E-state index in [0.29, 0.717) is 0 Å². The maximum Gasteiger partial charge on any atom is 0.346 e. The molecule has 3 aliphatic rings. The molecule has 3 rings (SSSR count). The van der Waals surface area contributed by atoms with Gasteiger partial charge < -0.3 is 33.2 Å². The molecule has 154 valence electrons. The molecule has 0 aromatic carbocycles. The Balaban J connectivity index is 1.65. The van der Waals surface area contributed by atoms with Gasteiger partial charge in [0.25, 0.3) is 0 Å². The number of hydrogen-bond donors (Lipinski definition) is 0. The summed E-state index contributed by atoms with van der Waals surface area (Å²) in [5, 5.41) is 0. The van der Waals surface area contributed by atoms with Crippen LogP contribution in [0, 0.1) is 11.8 Å². The van der Waals surface area contributed by atoms with Gasteiger partial charge in [-0.2, -0.15) is 0 Å². The molecule has 0 spiro atoms. The SMILES string of the molecule is C=CC(=O)OCC(=O)OC1OC2C(C)OC(=O)C2C1C(=O)OCC1COCO1. The van der Waals surface area contributed by atoms with E-state index in [-0.39, 0.29) is 20.0 Å². The quantitative estimate of drug-likeness (QED) is 0.298. The summed E-state index contributed by atoms with van der Waals surface area (Å²) in [7, 11) is 0. The Morgan fingerprint density at radius 3 is 2.75 bits per heavy atom. The van der Waals surface area contributed by atoms with Gasteiger partial charge in [0.05, 0.1) is 6.61 Å².